The fraction of sp³-hybridized carbons (Fsp3) is 0.721. The van der Waals surface area contributed by atoms with Crippen LogP contribution in [0.1, 0.15) is 173 Å². The molecule has 0 amide bonds. The molecule has 0 saturated carbocycles. The number of nitrogens with zero attached hydrogens (tertiary/aromatic N) is 2. The maximum Gasteiger partial charge on any atom is 0.185 e. The minimum atomic E-state index is 0.194. The Balaban J connectivity index is 2.03. The first-order valence-electron chi connectivity index (χ1n) is 20.6. The molecular formula is C43H76N6O2. The fourth-order valence-corrected chi connectivity index (χ4v) is 7.18. The summed E-state index contributed by atoms with van der Waals surface area (Å²) in [4.78, 5) is 8.15. The summed E-state index contributed by atoms with van der Waals surface area (Å²) in [6.07, 6.45) is 28.5. The molecule has 8 heteroatoms. The van der Waals surface area contributed by atoms with Gasteiger partial charge in [0.15, 0.2) is 11.9 Å². The predicted octanol–water partition coefficient (Wildman–Crippen LogP) is 9.98. The standard InChI is InChI=1S/C43H76N6O2/c1-5-6-19-24-36-32-39(50-29-22-17-13-9-7-11-15-20-27-48-42(44)45)41(38-31-35(4)25-26-37(38)34(2)3)40(33-36)51-30-23-18-14-10-8-12-16-21-28-49-43(46)47/h31-33,37-38H,2,5-30H2,1,3-4H3,(H4,44,45,48)(H4,46,47,49)/t37-,38+/m0/s1. The van der Waals surface area contributed by atoms with Gasteiger partial charge in [0, 0.05) is 24.6 Å². The molecule has 0 aliphatic heterocycles. The Hall–Kier alpha value is -3.16. The van der Waals surface area contributed by atoms with E-state index in [0.29, 0.717) is 5.92 Å². The molecule has 0 fully saturated rings. The molecule has 0 unspecified atom stereocenters. The maximum atomic E-state index is 6.76. The summed E-state index contributed by atoms with van der Waals surface area (Å²) in [5.74, 6) is 3.07. The molecule has 1 aromatic carbocycles. The van der Waals surface area contributed by atoms with Gasteiger partial charge in [-0.2, -0.15) is 0 Å². The van der Waals surface area contributed by atoms with E-state index in [2.05, 4.69) is 55.5 Å². The van der Waals surface area contributed by atoms with Crippen LogP contribution < -0.4 is 32.4 Å². The van der Waals surface area contributed by atoms with Crippen molar-refractivity contribution in [3.05, 3.63) is 47.1 Å². The third-order valence-electron chi connectivity index (χ3n) is 10.2. The van der Waals surface area contributed by atoms with Crippen molar-refractivity contribution < 1.29 is 9.47 Å². The summed E-state index contributed by atoms with van der Waals surface area (Å²) in [5.41, 5.74) is 26.9. The van der Waals surface area contributed by atoms with Crippen molar-refractivity contribution in [1.29, 1.82) is 0 Å². The summed E-state index contributed by atoms with van der Waals surface area (Å²) < 4.78 is 13.5. The van der Waals surface area contributed by atoms with Gasteiger partial charge in [0.05, 0.1) is 13.2 Å². The number of nitrogens with two attached hydrogens (primary N) is 4. The second-order valence-electron chi connectivity index (χ2n) is 15.0. The van der Waals surface area contributed by atoms with Crippen LogP contribution in [0.5, 0.6) is 11.5 Å². The van der Waals surface area contributed by atoms with E-state index in [9.17, 15) is 0 Å². The van der Waals surface area contributed by atoms with E-state index in [4.69, 9.17) is 32.4 Å². The number of benzene rings is 1. The lowest BCUT2D eigenvalue weighted by atomic mass is 9.73. The molecule has 1 aromatic rings. The monoisotopic (exact) mass is 709 g/mol. The number of hydrogen-bond acceptors (Lipinski definition) is 4. The van der Waals surface area contributed by atoms with Gasteiger partial charge >= 0.3 is 0 Å². The quantitative estimate of drug-likeness (QED) is 0.0271. The van der Waals surface area contributed by atoms with E-state index < -0.39 is 0 Å². The average Bonchev–Trinajstić information content (AvgIpc) is 3.08. The second-order valence-corrected chi connectivity index (χ2v) is 15.0. The molecule has 0 aromatic heterocycles. The number of aryl methyl sites for hydroxylation is 1. The number of rotatable bonds is 30. The van der Waals surface area contributed by atoms with Gasteiger partial charge in [0.2, 0.25) is 0 Å². The topological polar surface area (TPSA) is 147 Å². The van der Waals surface area contributed by atoms with Crippen LogP contribution in [0, 0.1) is 5.92 Å². The molecule has 8 nitrogen and oxygen atoms in total. The van der Waals surface area contributed by atoms with Crippen molar-refractivity contribution in [1.82, 2.24) is 0 Å². The molecule has 290 valence electrons. The third-order valence-corrected chi connectivity index (χ3v) is 10.2. The Labute approximate surface area is 312 Å². The largest absolute Gasteiger partial charge is 0.493 e. The normalized spacial score (nSPS) is 15.6. The first-order chi connectivity index (χ1) is 24.7. The number of unbranched alkanes of at least 4 members (excludes halogenated alkanes) is 16. The van der Waals surface area contributed by atoms with Crippen molar-refractivity contribution in [3.63, 3.8) is 0 Å². The van der Waals surface area contributed by atoms with Crippen molar-refractivity contribution in [2.75, 3.05) is 26.3 Å². The van der Waals surface area contributed by atoms with Crippen LogP contribution in [0.25, 0.3) is 0 Å². The van der Waals surface area contributed by atoms with E-state index in [1.807, 2.05) is 0 Å². The summed E-state index contributed by atoms with van der Waals surface area (Å²) in [6.45, 7) is 14.1. The maximum absolute atomic E-state index is 6.76. The van der Waals surface area contributed by atoms with E-state index in [-0.39, 0.29) is 17.8 Å². The smallest absolute Gasteiger partial charge is 0.185 e. The van der Waals surface area contributed by atoms with E-state index >= 15 is 0 Å². The first-order valence-corrected chi connectivity index (χ1v) is 20.6. The zero-order chi connectivity index (χ0) is 37.1. The van der Waals surface area contributed by atoms with Crippen LogP contribution in [0.2, 0.25) is 0 Å². The predicted molar refractivity (Wildman–Crippen MR) is 220 cm³/mol. The Bertz CT molecular complexity index is 1120. The molecule has 0 bridgehead atoms. The highest BCUT2D eigenvalue weighted by Crippen LogP contribution is 2.47. The summed E-state index contributed by atoms with van der Waals surface area (Å²) in [6, 6.07) is 4.68. The number of allylic oxidation sites excluding steroid dienone is 3. The molecule has 2 rings (SSSR count). The minimum Gasteiger partial charge on any atom is -0.493 e. The Morgan fingerprint density at radius 2 is 1.14 bits per heavy atom. The van der Waals surface area contributed by atoms with Crippen LogP contribution in [0.4, 0.5) is 0 Å². The number of guanidine groups is 2. The molecule has 1 aliphatic rings. The van der Waals surface area contributed by atoms with Crippen LogP contribution in [-0.2, 0) is 6.42 Å². The zero-order valence-electron chi connectivity index (χ0n) is 33.0. The number of ether oxygens (including phenoxy) is 2. The zero-order valence-corrected chi connectivity index (χ0v) is 33.0. The summed E-state index contributed by atoms with van der Waals surface area (Å²) in [7, 11) is 0. The molecule has 0 saturated heterocycles. The molecule has 0 radical (unpaired) electrons. The SMILES string of the molecule is C=C(C)[C@@H]1CCC(C)=C[C@H]1c1c(OCCCCCCCCCCN=C(N)N)cc(CCCCC)cc1OCCCCCCCCCCN=C(N)N. The molecule has 8 N–H and O–H groups in total. The first kappa shape index (κ1) is 44.0. The minimum absolute atomic E-state index is 0.194. The van der Waals surface area contributed by atoms with Crippen molar-refractivity contribution in [2.45, 2.75) is 168 Å². The highest BCUT2D eigenvalue weighted by atomic mass is 16.5. The van der Waals surface area contributed by atoms with Crippen molar-refractivity contribution in [3.8, 4) is 11.5 Å². The summed E-state index contributed by atoms with van der Waals surface area (Å²) >= 11 is 0. The van der Waals surface area contributed by atoms with Gasteiger partial charge in [0.25, 0.3) is 0 Å². The van der Waals surface area contributed by atoms with Gasteiger partial charge in [-0.1, -0.05) is 121 Å². The molecule has 51 heavy (non-hydrogen) atoms. The van der Waals surface area contributed by atoms with Gasteiger partial charge in [0.1, 0.15) is 11.5 Å². The van der Waals surface area contributed by atoms with Gasteiger partial charge < -0.3 is 32.4 Å². The summed E-state index contributed by atoms with van der Waals surface area (Å²) in [5, 5.41) is 0. The lowest BCUT2D eigenvalue weighted by Gasteiger charge is -2.33. The Kier molecular flexibility index (Phi) is 23.7. The molecular weight excluding hydrogens is 633 g/mol. The van der Waals surface area contributed by atoms with Crippen molar-refractivity contribution >= 4 is 11.9 Å². The van der Waals surface area contributed by atoms with Gasteiger partial charge in [-0.3, -0.25) is 9.98 Å². The van der Waals surface area contributed by atoms with E-state index in [1.165, 1.54) is 119 Å². The second kappa shape index (κ2) is 27.5. The van der Waals surface area contributed by atoms with Crippen LogP contribution in [0.15, 0.2) is 45.9 Å². The lowest BCUT2D eigenvalue weighted by molar-refractivity contribution is 0.278. The Morgan fingerprint density at radius 3 is 1.57 bits per heavy atom. The third kappa shape index (κ3) is 19.9. The highest BCUT2D eigenvalue weighted by Gasteiger charge is 2.31. The lowest BCUT2D eigenvalue weighted by Crippen LogP contribution is -2.22. The van der Waals surface area contributed by atoms with Crippen LogP contribution in [0.3, 0.4) is 0 Å². The number of aliphatic imine (C=N–C) groups is 2. The van der Waals surface area contributed by atoms with Gasteiger partial charge in [-0.25, -0.2) is 0 Å². The average molecular weight is 709 g/mol. The fourth-order valence-electron chi connectivity index (χ4n) is 7.18. The molecule has 0 heterocycles. The van der Waals surface area contributed by atoms with Crippen LogP contribution >= 0.6 is 0 Å². The van der Waals surface area contributed by atoms with Gasteiger partial charge in [-0.05, 0) is 88.8 Å². The van der Waals surface area contributed by atoms with Crippen LogP contribution in [-0.4, -0.2) is 38.2 Å². The number of hydrogen-bond donors (Lipinski definition) is 4. The molecule has 2 atom stereocenters. The van der Waals surface area contributed by atoms with Gasteiger partial charge in [-0.15, -0.1) is 0 Å². The van der Waals surface area contributed by atoms with E-state index in [0.717, 1.165) is 82.7 Å². The van der Waals surface area contributed by atoms with Crippen molar-refractivity contribution in [2.24, 2.45) is 38.8 Å². The highest BCUT2D eigenvalue weighted by molar-refractivity contribution is 5.75. The Morgan fingerprint density at radius 1 is 0.686 bits per heavy atom. The molecule has 1 aliphatic carbocycles. The van der Waals surface area contributed by atoms with E-state index in [1.54, 1.807) is 0 Å². The molecule has 0 spiro atoms.